The minimum absolute atomic E-state index is 0.0580. The van der Waals surface area contributed by atoms with Gasteiger partial charge in [0.25, 0.3) is 0 Å². The molecular formula is C18H22FNO. The van der Waals surface area contributed by atoms with Crippen LogP contribution >= 0.6 is 0 Å². The first-order chi connectivity index (χ1) is 10.1. The van der Waals surface area contributed by atoms with Crippen LogP contribution in [0.4, 0.5) is 4.39 Å². The van der Waals surface area contributed by atoms with E-state index in [4.69, 9.17) is 4.74 Å². The summed E-state index contributed by atoms with van der Waals surface area (Å²) in [5.74, 6) is -0.221. The van der Waals surface area contributed by atoms with Gasteiger partial charge in [-0.1, -0.05) is 48.0 Å². The Morgan fingerprint density at radius 1 is 1.10 bits per heavy atom. The summed E-state index contributed by atoms with van der Waals surface area (Å²) in [7, 11) is 1.91. The van der Waals surface area contributed by atoms with Crippen molar-refractivity contribution in [2.45, 2.75) is 32.6 Å². The van der Waals surface area contributed by atoms with Gasteiger partial charge in [0, 0.05) is 5.56 Å². The molecule has 2 aromatic carbocycles. The summed E-state index contributed by atoms with van der Waals surface area (Å²) in [5.41, 5.74) is 2.99. The molecule has 0 radical (unpaired) electrons. The minimum atomic E-state index is -0.221. The molecule has 0 saturated carbocycles. The standard InChI is InChI=1S/C18H22FNO/c1-13-8-10-15(11-9-13)18(20-3)14(2)21-12-16-6-4-5-7-17(16)19/h4-11,14,18,20H,12H2,1-3H3. The first-order valence-electron chi connectivity index (χ1n) is 7.20. The van der Waals surface area contributed by atoms with Gasteiger partial charge in [-0.15, -0.1) is 0 Å². The summed E-state index contributed by atoms with van der Waals surface area (Å²) in [4.78, 5) is 0. The van der Waals surface area contributed by atoms with Gasteiger partial charge in [-0.25, -0.2) is 4.39 Å². The van der Waals surface area contributed by atoms with Crippen molar-refractivity contribution >= 4 is 0 Å². The third-order valence-corrected chi connectivity index (χ3v) is 3.68. The molecule has 21 heavy (non-hydrogen) atoms. The quantitative estimate of drug-likeness (QED) is 0.867. The van der Waals surface area contributed by atoms with Crippen LogP contribution in [-0.4, -0.2) is 13.2 Å². The Morgan fingerprint density at radius 3 is 2.38 bits per heavy atom. The summed E-state index contributed by atoms with van der Waals surface area (Å²) >= 11 is 0. The van der Waals surface area contributed by atoms with E-state index < -0.39 is 0 Å². The highest BCUT2D eigenvalue weighted by Crippen LogP contribution is 2.21. The first-order valence-corrected chi connectivity index (χ1v) is 7.20. The van der Waals surface area contributed by atoms with Crippen LogP contribution in [0.5, 0.6) is 0 Å². The molecule has 0 heterocycles. The van der Waals surface area contributed by atoms with Crippen LogP contribution in [-0.2, 0) is 11.3 Å². The summed E-state index contributed by atoms with van der Waals surface area (Å²) in [6.45, 7) is 4.34. The van der Waals surface area contributed by atoms with E-state index in [-0.39, 0.29) is 24.6 Å². The van der Waals surface area contributed by atoms with Gasteiger partial charge in [0.2, 0.25) is 0 Å². The molecule has 0 fully saturated rings. The molecule has 0 saturated heterocycles. The van der Waals surface area contributed by atoms with E-state index in [1.807, 2.05) is 20.0 Å². The summed E-state index contributed by atoms with van der Waals surface area (Å²) in [5, 5.41) is 3.27. The highest BCUT2D eigenvalue weighted by molar-refractivity contribution is 5.25. The lowest BCUT2D eigenvalue weighted by molar-refractivity contribution is 0.0270. The Labute approximate surface area is 126 Å². The molecule has 3 heteroatoms. The zero-order chi connectivity index (χ0) is 15.2. The fourth-order valence-electron chi connectivity index (χ4n) is 2.38. The summed E-state index contributed by atoms with van der Waals surface area (Å²) in [6, 6.07) is 15.2. The van der Waals surface area contributed by atoms with Crippen molar-refractivity contribution in [3.8, 4) is 0 Å². The van der Waals surface area contributed by atoms with Crippen molar-refractivity contribution in [1.29, 1.82) is 0 Å². The second-order valence-corrected chi connectivity index (χ2v) is 5.28. The number of benzene rings is 2. The van der Waals surface area contributed by atoms with Gasteiger partial charge in [-0.3, -0.25) is 0 Å². The lowest BCUT2D eigenvalue weighted by Gasteiger charge is -2.24. The van der Waals surface area contributed by atoms with Crippen molar-refractivity contribution in [3.63, 3.8) is 0 Å². The summed E-state index contributed by atoms with van der Waals surface area (Å²) < 4.78 is 19.4. The van der Waals surface area contributed by atoms with Crippen LogP contribution in [0.25, 0.3) is 0 Å². The Morgan fingerprint density at radius 2 is 1.76 bits per heavy atom. The van der Waals surface area contributed by atoms with Gasteiger partial charge in [0.1, 0.15) is 5.82 Å². The van der Waals surface area contributed by atoms with Gasteiger partial charge >= 0.3 is 0 Å². The lowest BCUT2D eigenvalue weighted by Crippen LogP contribution is -2.29. The average Bonchev–Trinajstić information content (AvgIpc) is 2.49. The molecular weight excluding hydrogens is 265 g/mol. The van der Waals surface area contributed by atoms with Crippen LogP contribution in [0.1, 0.15) is 29.7 Å². The van der Waals surface area contributed by atoms with Gasteiger partial charge in [-0.2, -0.15) is 0 Å². The normalized spacial score (nSPS) is 13.9. The first kappa shape index (κ1) is 15.7. The van der Waals surface area contributed by atoms with E-state index in [0.29, 0.717) is 5.56 Å². The zero-order valence-electron chi connectivity index (χ0n) is 12.8. The largest absolute Gasteiger partial charge is 0.372 e. The number of halogens is 1. The minimum Gasteiger partial charge on any atom is -0.372 e. The number of nitrogens with one attached hydrogen (secondary N) is 1. The maximum Gasteiger partial charge on any atom is 0.128 e. The topological polar surface area (TPSA) is 21.3 Å². The Bertz CT molecular complexity index is 568. The number of hydrogen-bond donors (Lipinski definition) is 1. The maximum absolute atomic E-state index is 13.6. The van der Waals surface area contributed by atoms with Gasteiger partial charge in [0.05, 0.1) is 18.8 Å². The van der Waals surface area contributed by atoms with Crippen molar-refractivity contribution in [2.24, 2.45) is 0 Å². The molecule has 2 rings (SSSR count). The van der Waals surface area contributed by atoms with E-state index in [1.54, 1.807) is 12.1 Å². The number of likely N-dealkylation sites (N-methyl/N-ethyl adjacent to an activating group) is 1. The molecule has 2 aromatic rings. The molecule has 0 aliphatic heterocycles. The van der Waals surface area contributed by atoms with E-state index in [0.717, 1.165) is 0 Å². The second-order valence-electron chi connectivity index (χ2n) is 5.28. The predicted octanol–water partition coefficient (Wildman–Crippen LogP) is 4.00. The van der Waals surface area contributed by atoms with Crippen molar-refractivity contribution in [1.82, 2.24) is 5.32 Å². The smallest absolute Gasteiger partial charge is 0.128 e. The molecule has 2 nitrogen and oxygen atoms in total. The van der Waals surface area contributed by atoms with Crippen LogP contribution in [0.2, 0.25) is 0 Å². The van der Waals surface area contributed by atoms with Gasteiger partial charge < -0.3 is 10.1 Å². The maximum atomic E-state index is 13.6. The molecule has 1 N–H and O–H groups in total. The molecule has 112 valence electrons. The lowest BCUT2D eigenvalue weighted by atomic mass is 10.0. The molecule has 0 aliphatic rings. The SMILES string of the molecule is CNC(c1ccc(C)cc1)C(C)OCc1ccccc1F. The van der Waals surface area contributed by atoms with Crippen LogP contribution < -0.4 is 5.32 Å². The number of ether oxygens (including phenoxy) is 1. The van der Waals surface area contributed by atoms with Gasteiger partial charge in [-0.05, 0) is 32.5 Å². The predicted molar refractivity (Wildman–Crippen MR) is 83.6 cm³/mol. The average molecular weight is 287 g/mol. The van der Waals surface area contributed by atoms with Crippen LogP contribution in [0.15, 0.2) is 48.5 Å². The molecule has 2 atom stereocenters. The second kappa shape index (κ2) is 7.34. The summed E-state index contributed by atoms with van der Waals surface area (Å²) in [6.07, 6.45) is -0.0580. The fourth-order valence-corrected chi connectivity index (χ4v) is 2.38. The molecule has 0 aromatic heterocycles. The number of rotatable bonds is 6. The molecule has 0 amide bonds. The molecule has 0 aliphatic carbocycles. The number of aryl methyl sites for hydroxylation is 1. The highest BCUT2D eigenvalue weighted by Gasteiger charge is 2.18. The molecule has 2 unspecified atom stereocenters. The Kier molecular flexibility index (Phi) is 5.48. The Hall–Kier alpha value is -1.71. The third kappa shape index (κ3) is 4.13. The third-order valence-electron chi connectivity index (χ3n) is 3.68. The van der Waals surface area contributed by atoms with Gasteiger partial charge in [0.15, 0.2) is 0 Å². The zero-order valence-corrected chi connectivity index (χ0v) is 12.8. The van der Waals surface area contributed by atoms with Crippen molar-refractivity contribution in [3.05, 3.63) is 71.0 Å². The van der Waals surface area contributed by atoms with E-state index in [9.17, 15) is 4.39 Å². The van der Waals surface area contributed by atoms with Crippen LogP contribution in [0.3, 0.4) is 0 Å². The molecule has 0 spiro atoms. The Balaban J connectivity index is 2.02. The van der Waals surface area contributed by atoms with Crippen molar-refractivity contribution < 1.29 is 9.13 Å². The van der Waals surface area contributed by atoms with Crippen LogP contribution in [0, 0.1) is 12.7 Å². The van der Waals surface area contributed by atoms with Crippen molar-refractivity contribution in [2.75, 3.05) is 7.05 Å². The number of hydrogen-bond acceptors (Lipinski definition) is 2. The van der Waals surface area contributed by atoms with E-state index in [1.165, 1.54) is 17.2 Å². The highest BCUT2D eigenvalue weighted by atomic mass is 19.1. The fraction of sp³-hybridized carbons (Fsp3) is 0.333. The van der Waals surface area contributed by atoms with E-state index >= 15 is 0 Å². The molecule has 0 bridgehead atoms. The van der Waals surface area contributed by atoms with E-state index in [2.05, 4.69) is 36.5 Å². The monoisotopic (exact) mass is 287 g/mol.